The summed E-state index contributed by atoms with van der Waals surface area (Å²) in [6.45, 7) is 12.4. The van der Waals surface area contributed by atoms with Crippen LogP contribution in [-0.2, 0) is 9.47 Å². The number of nitrogens with zero attached hydrogens (tertiary/aromatic N) is 3. The van der Waals surface area contributed by atoms with Gasteiger partial charge >= 0.3 is 12.2 Å². The van der Waals surface area contributed by atoms with Gasteiger partial charge in [-0.15, -0.1) is 4.99 Å². The van der Waals surface area contributed by atoms with Gasteiger partial charge in [0.1, 0.15) is 11.2 Å². The first-order valence-electron chi connectivity index (χ1n) is 10.2. The quantitative estimate of drug-likeness (QED) is 0.366. The topological polar surface area (TPSA) is 71.4 Å². The van der Waals surface area contributed by atoms with Crippen molar-refractivity contribution in [1.82, 2.24) is 9.80 Å². The van der Waals surface area contributed by atoms with Crippen LogP contribution in [0.3, 0.4) is 0 Å². The Morgan fingerprint density at radius 1 is 1.00 bits per heavy atom. The zero-order valence-electron chi connectivity index (χ0n) is 18.2. The average Bonchev–Trinajstić information content (AvgIpc) is 3.06. The number of amides is 2. The van der Waals surface area contributed by atoms with Gasteiger partial charge in [-0.2, -0.15) is 0 Å². The minimum absolute atomic E-state index is 0.189. The maximum absolute atomic E-state index is 13.1. The molecule has 0 saturated carbocycles. The van der Waals surface area contributed by atoms with Gasteiger partial charge in [-0.25, -0.2) is 14.5 Å². The number of aliphatic imine (C=N–C) groups is 1. The fourth-order valence-corrected chi connectivity index (χ4v) is 3.25. The lowest BCUT2D eigenvalue weighted by Gasteiger charge is -2.36. The fourth-order valence-electron chi connectivity index (χ4n) is 3.25. The molecule has 0 spiro atoms. The molecule has 1 aliphatic heterocycles. The summed E-state index contributed by atoms with van der Waals surface area (Å²) in [5.41, 5.74) is -1.30. The number of rotatable bonds is 1. The molecule has 0 radical (unpaired) electrons. The van der Waals surface area contributed by atoms with Crippen molar-refractivity contribution in [3.05, 3.63) is 12.2 Å². The van der Waals surface area contributed by atoms with Gasteiger partial charge in [0.15, 0.2) is 0 Å². The number of ether oxygens (including phenoxy) is 2. The summed E-state index contributed by atoms with van der Waals surface area (Å²) in [6.07, 6.45) is 7.65. The zero-order valence-corrected chi connectivity index (χ0v) is 18.2. The number of likely N-dealkylation sites (tertiary alicyclic amines) is 1. The number of carbonyl (C=O) groups is 2. The summed E-state index contributed by atoms with van der Waals surface area (Å²) in [7, 11) is 0. The minimum atomic E-state index is -0.692. The first kappa shape index (κ1) is 22.2. The van der Waals surface area contributed by atoms with Crippen LogP contribution in [0, 0.1) is 0 Å². The molecule has 0 N–H and O–H groups in total. The third-order valence-electron chi connectivity index (χ3n) is 4.34. The zero-order chi connectivity index (χ0) is 20.9. The third-order valence-corrected chi connectivity index (χ3v) is 4.34. The van der Waals surface area contributed by atoms with E-state index in [1.54, 1.807) is 20.8 Å². The third kappa shape index (κ3) is 6.84. The van der Waals surface area contributed by atoms with Gasteiger partial charge in [0.25, 0.3) is 0 Å². The molecule has 1 fully saturated rings. The van der Waals surface area contributed by atoms with E-state index in [4.69, 9.17) is 9.47 Å². The number of allylic oxidation sites excluding steroid dienone is 1. The Hall–Kier alpha value is -2.05. The number of carbonyl (C=O) groups excluding carboxylic acids is 2. The fraction of sp³-hybridized carbons (Fsp3) is 0.762. The Morgan fingerprint density at radius 2 is 1.61 bits per heavy atom. The molecule has 7 nitrogen and oxygen atoms in total. The summed E-state index contributed by atoms with van der Waals surface area (Å²) < 4.78 is 11.1. The molecule has 1 atom stereocenters. The molecule has 0 bridgehead atoms. The van der Waals surface area contributed by atoms with Crippen LogP contribution in [0.15, 0.2) is 17.1 Å². The normalized spacial score (nSPS) is 20.9. The molecule has 1 heterocycles. The second-order valence-corrected chi connectivity index (χ2v) is 9.36. The van der Waals surface area contributed by atoms with Crippen LogP contribution in [0.1, 0.15) is 73.6 Å². The average molecular weight is 394 g/mol. The van der Waals surface area contributed by atoms with Crippen molar-refractivity contribution >= 4 is 18.1 Å². The summed E-state index contributed by atoms with van der Waals surface area (Å²) in [6, 6.07) is -0.189. The summed E-state index contributed by atoms with van der Waals surface area (Å²) in [5, 5.41) is 0. The predicted molar refractivity (Wildman–Crippen MR) is 109 cm³/mol. The Morgan fingerprint density at radius 3 is 2.11 bits per heavy atom. The van der Waals surface area contributed by atoms with Gasteiger partial charge in [-0.05, 0) is 73.6 Å². The van der Waals surface area contributed by atoms with E-state index in [1.807, 2.05) is 31.7 Å². The van der Waals surface area contributed by atoms with Crippen molar-refractivity contribution in [2.45, 2.75) is 90.9 Å². The van der Waals surface area contributed by atoms with Crippen LogP contribution >= 0.6 is 0 Å². The Kier molecular flexibility index (Phi) is 7.12. The summed E-state index contributed by atoms with van der Waals surface area (Å²) in [4.78, 5) is 33.4. The first-order valence-corrected chi connectivity index (χ1v) is 10.2. The highest BCUT2D eigenvalue weighted by atomic mass is 16.6. The molecule has 1 aliphatic carbocycles. The van der Waals surface area contributed by atoms with E-state index in [0.717, 1.165) is 45.2 Å². The molecule has 1 unspecified atom stereocenters. The number of hydrogen-bond acceptors (Lipinski definition) is 4. The molecule has 7 heteroatoms. The van der Waals surface area contributed by atoms with E-state index in [0.29, 0.717) is 5.96 Å². The van der Waals surface area contributed by atoms with E-state index in [-0.39, 0.29) is 6.04 Å². The second kappa shape index (κ2) is 8.97. The van der Waals surface area contributed by atoms with E-state index in [9.17, 15) is 9.59 Å². The number of hydrogen-bond donors (Lipinski definition) is 0. The van der Waals surface area contributed by atoms with Crippen molar-refractivity contribution in [2.24, 2.45) is 4.99 Å². The van der Waals surface area contributed by atoms with Gasteiger partial charge in [0.2, 0.25) is 5.96 Å². The smallest absolute Gasteiger partial charge is 0.437 e. The van der Waals surface area contributed by atoms with Gasteiger partial charge in [0.05, 0.1) is 6.04 Å². The van der Waals surface area contributed by atoms with Crippen LogP contribution < -0.4 is 0 Å². The lowest BCUT2D eigenvalue weighted by Crippen LogP contribution is -2.53. The Labute approximate surface area is 168 Å². The lowest BCUT2D eigenvalue weighted by atomic mass is 10.0. The summed E-state index contributed by atoms with van der Waals surface area (Å²) in [5.74, 6) is 0.331. The minimum Gasteiger partial charge on any atom is -0.443 e. The van der Waals surface area contributed by atoms with Gasteiger partial charge in [-0.1, -0.05) is 12.2 Å². The lowest BCUT2D eigenvalue weighted by molar-refractivity contribution is 0.0306. The monoisotopic (exact) mass is 393 g/mol. The van der Waals surface area contributed by atoms with Crippen LogP contribution in [0.25, 0.3) is 0 Å². The van der Waals surface area contributed by atoms with Crippen LogP contribution in [0.4, 0.5) is 9.59 Å². The van der Waals surface area contributed by atoms with Crippen LogP contribution in [-0.4, -0.2) is 58.3 Å². The molecule has 2 amide bonds. The first-order chi connectivity index (χ1) is 13.0. The molecule has 158 valence electrons. The van der Waals surface area contributed by atoms with Crippen molar-refractivity contribution in [1.29, 1.82) is 0 Å². The second-order valence-electron chi connectivity index (χ2n) is 9.36. The molecule has 28 heavy (non-hydrogen) atoms. The molecule has 2 rings (SSSR count). The van der Waals surface area contributed by atoms with Crippen molar-refractivity contribution in [3.63, 3.8) is 0 Å². The maximum Gasteiger partial charge on any atom is 0.437 e. The Balaban J connectivity index is 2.41. The van der Waals surface area contributed by atoms with E-state index >= 15 is 0 Å². The molecule has 0 aromatic carbocycles. The van der Waals surface area contributed by atoms with Gasteiger partial charge in [-0.3, -0.25) is 0 Å². The molecular formula is C21H35N3O4. The van der Waals surface area contributed by atoms with E-state index in [1.165, 1.54) is 4.90 Å². The van der Waals surface area contributed by atoms with Crippen molar-refractivity contribution in [2.75, 3.05) is 13.1 Å². The molecule has 0 aromatic rings. The van der Waals surface area contributed by atoms with Gasteiger partial charge in [0, 0.05) is 13.1 Å². The summed E-state index contributed by atoms with van der Waals surface area (Å²) >= 11 is 0. The standard InChI is InChI=1S/C21H35N3O4/c1-20(2,3)27-18(25)22-17(23-14-10-11-15-23)24(16-12-8-7-9-13-16)19(26)28-21(4,5)6/h8,12,16H,7,9-11,13-15H2,1-6H3/b22-17+. The van der Waals surface area contributed by atoms with Crippen molar-refractivity contribution in [3.8, 4) is 0 Å². The molecule has 1 saturated heterocycles. The predicted octanol–water partition coefficient (Wildman–Crippen LogP) is 4.72. The highest BCUT2D eigenvalue weighted by molar-refractivity contribution is 5.99. The highest BCUT2D eigenvalue weighted by Gasteiger charge is 2.36. The molecule has 2 aliphatic rings. The SMILES string of the molecule is CC(C)(C)OC(=O)/N=C(\N1CCCC1)N(C(=O)OC(C)(C)C)C1C=CCCC1. The largest absolute Gasteiger partial charge is 0.443 e. The van der Waals surface area contributed by atoms with Crippen LogP contribution in [0.5, 0.6) is 0 Å². The Bertz CT molecular complexity index is 623. The van der Waals surface area contributed by atoms with E-state index < -0.39 is 23.4 Å². The van der Waals surface area contributed by atoms with Gasteiger partial charge < -0.3 is 14.4 Å². The van der Waals surface area contributed by atoms with Crippen molar-refractivity contribution < 1.29 is 19.1 Å². The van der Waals surface area contributed by atoms with E-state index in [2.05, 4.69) is 11.1 Å². The molecular weight excluding hydrogens is 358 g/mol. The highest BCUT2D eigenvalue weighted by Crippen LogP contribution is 2.23. The molecule has 0 aromatic heterocycles. The maximum atomic E-state index is 13.1. The number of guanidine groups is 1. The van der Waals surface area contributed by atoms with Crippen LogP contribution in [0.2, 0.25) is 0 Å².